The van der Waals surface area contributed by atoms with Crippen molar-refractivity contribution in [2.75, 3.05) is 13.1 Å². The van der Waals surface area contributed by atoms with Crippen molar-refractivity contribution in [2.45, 2.75) is 25.3 Å². The Morgan fingerprint density at radius 1 is 1.40 bits per heavy atom. The maximum Gasteiger partial charge on any atom is 0.267 e. The fraction of sp³-hybridized carbons (Fsp3) is 0.353. The molecule has 1 atom stereocenters. The predicted molar refractivity (Wildman–Crippen MR) is 92.5 cm³/mol. The van der Waals surface area contributed by atoms with Gasteiger partial charge in [-0.1, -0.05) is 22.0 Å². The molecule has 2 aromatic rings. The standard InChI is InChI=1S/C17H16BrF2N3O2/c1-10-7-17(19,20)9-23(10)15(24)8-22-16(25)13-4-5-21-14-6-11(18)2-3-12(13)14/h2-6,10H,7-9H2,1H3,(H,22,25)/t10-/m1/s1. The summed E-state index contributed by atoms with van der Waals surface area (Å²) in [7, 11) is 0. The summed E-state index contributed by atoms with van der Waals surface area (Å²) < 4.78 is 27.6. The molecule has 1 N–H and O–H groups in total. The van der Waals surface area contributed by atoms with Gasteiger partial charge in [0.2, 0.25) is 5.91 Å². The molecule has 2 heterocycles. The Kier molecular flexibility index (Phi) is 4.73. The molecule has 25 heavy (non-hydrogen) atoms. The van der Waals surface area contributed by atoms with Gasteiger partial charge in [-0.2, -0.15) is 0 Å². The molecule has 5 nitrogen and oxygen atoms in total. The molecule has 1 aromatic carbocycles. The molecule has 1 fully saturated rings. The van der Waals surface area contributed by atoms with E-state index in [1.54, 1.807) is 31.2 Å². The molecule has 0 spiro atoms. The summed E-state index contributed by atoms with van der Waals surface area (Å²) in [5, 5.41) is 3.17. The van der Waals surface area contributed by atoms with Gasteiger partial charge in [0.15, 0.2) is 0 Å². The first-order chi connectivity index (χ1) is 11.8. The van der Waals surface area contributed by atoms with Gasteiger partial charge in [0.05, 0.1) is 24.2 Å². The molecule has 0 saturated carbocycles. The average molecular weight is 412 g/mol. The van der Waals surface area contributed by atoms with Gasteiger partial charge in [0.25, 0.3) is 11.8 Å². The maximum absolute atomic E-state index is 13.4. The number of fused-ring (bicyclic) bond motifs is 1. The van der Waals surface area contributed by atoms with Crippen LogP contribution < -0.4 is 5.32 Å². The number of pyridine rings is 1. The Morgan fingerprint density at radius 2 is 2.16 bits per heavy atom. The maximum atomic E-state index is 13.4. The number of alkyl halides is 2. The lowest BCUT2D eigenvalue weighted by molar-refractivity contribution is -0.131. The molecule has 0 radical (unpaired) electrons. The number of benzene rings is 1. The number of hydrogen-bond donors (Lipinski definition) is 1. The largest absolute Gasteiger partial charge is 0.343 e. The highest BCUT2D eigenvalue weighted by atomic mass is 79.9. The van der Waals surface area contributed by atoms with Gasteiger partial charge < -0.3 is 10.2 Å². The number of aromatic nitrogens is 1. The van der Waals surface area contributed by atoms with Crippen LogP contribution in [0.1, 0.15) is 23.7 Å². The van der Waals surface area contributed by atoms with Gasteiger partial charge in [-0.25, -0.2) is 8.78 Å². The zero-order valence-corrected chi connectivity index (χ0v) is 15.0. The number of likely N-dealkylation sites (tertiary alicyclic amines) is 1. The molecular formula is C17H16BrF2N3O2. The van der Waals surface area contributed by atoms with Gasteiger partial charge >= 0.3 is 0 Å². The molecule has 1 saturated heterocycles. The number of nitrogens with one attached hydrogen (secondary N) is 1. The topological polar surface area (TPSA) is 62.3 Å². The van der Waals surface area contributed by atoms with Gasteiger partial charge in [0.1, 0.15) is 0 Å². The van der Waals surface area contributed by atoms with Crippen molar-refractivity contribution < 1.29 is 18.4 Å². The van der Waals surface area contributed by atoms with Crippen LogP contribution in [0.2, 0.25) is 0 Å². The molecule has 1 aliphatic heterocycles. The van der Waals surface area contributed by atoms with Crippen LogP contribution in [-0.4, -0.2) is 46.8 Å². The van der Waals surface area contributed by atoms with Crippen molar-refractivity contribution in [2.24, 2.45) is 0 Å². The molecule has 8 heteroatoms. The van der Waals surface area contributed by atoms with Crippen LogP contribution in [0.15, 0.2) is 34.9 Å². The van der Waals surface area contributed by atoms with Gasteiger partial charge in [-0.05, 0) is 25.1 Å². The Bertz CT molecular complexity index is 844. The SMILES string of the molecule is C[C@@H]1CC(F)(F)CN1C(=O)CNC(=O)c1ccnc2cc(Br)ccc12. The monoisotopic (exact) mass is 411 g/mol. The van der Waals surface area contributed by atoms with E-state index < -0.39 is 30.3 Å². The van der Waals surface area contributed by atoms with E-state index in [2.05, 4.69) is 26.2 Å². The summed E-state index contributed by atoms with van der Waals surface area (Å²) in [5.41, 5.74) is 1.02. The lowest BCUT2D eigenvalue weighted by Crippen LogP contribution is -2.42. The van der Waals surface area contributed by atoms with E-state index in [0.717, 1.165) is 9.37 Å². The first-order valence-electron chi connectivity index (χ1n) is 7.76. The van der Waals surface area contributed by atoms with Crippen molar-refractivity contribution in [3.8, 4) is 0 Å². The third-order valence-electron chi connectivity index (χ3n) is 4.20. The second kappa shape index (κ2) is 6.67. The van der Waals surface area contributed by atoms with Crippen LogP contribution in [0.25, 0.3) is 10.9 Å². The van der Waals surface area contributed by atoms with Crippen molar-refractivity contribution in [3.63, 3.8) is 0 Å². The summed E-state index contributed by atoms with van der Waals surface area (Å²) in [6.45, 7) is 0.656. The Morgan fingerprint density at radius 3 is 2.84 bits per heavy atom. The highest BCUT2D eigenvalue weighted by molar-refractivity contribution is 9.10. The van der Waals surface area contributed by atoms with Crippen LogP contribution in [-0.2, 0) is 4.79 Å². The lowest BCUT2D eigenvalue weighted by Gasteiger charge is -2.21. The average Bonchev–Trinajstić information content (AvgIpc) is 2.84. The summed E-state index contributed by atoms with van der Waals surface area (Å²) in [6, 6.07) is 6.35. The molecule has 0 unspecified atom stereocenters. The predicted octanol–water partition coefficient (Wildman–Crippen LogP) is 2.98. The summed E-state index contributed by atoms with van der Waals surface area (Å²) >= 11 is 3.34. The van der Waals surface area contributed by atoms with E-state index in [1.807, 2.05) is 0 Å². The van der Waals surface area contributed by atoms with E-state index in [0.29, 0.717) is 16.5 Å². The van der Waals surface area contributed by atoms with E-state index in [4.69, 9.17) is 0 Å². The molecule has 3 rings (SSSR count). The van der Waals surface area contributed by atoms with Crippen LogP contribution in [0, 0.1) is 0 Å². The number of rotatable bonds is 3. The number of hydrogen-bond acceptors (Lipinski definition) is 3. The van der Waals surface area contributed by atoms with E-state index >= 15 is 0 Å². The lowest BCUT2D eigenvalue weighted by atomic mass is 10.1. The molecule has 132 valence electrons. The molecular weight excluding hydrogens is 396 g/mol. The van der Waals surface area contributed by atoms with Gasteiger partial charge in [-0.15, -0.1) is 0 Å². The number of halogens is 3. The van der Waals surface area contributed by atoms with Crippen molar-refractivity contribution in [1.29, 1.82) is 0 Å². The number of carbonyl (C=O) groups excluding carboxylic acids is 2. The highest BCUT2D eigenvalue weighted by Crippen LogP contribution is 2.31. The highest BCUT2D eigenvalue weighted by Gasteiger charge is 2.44. The minimum Gasteiger partial charge on any atom is -0.343 e. The molecule has 1 aromatic heterocycles. The molecule has 0 aliphatic carbocycles. The number of carbonyl (C=O) groups is 2. The molecule has 2 amide bonds. The number of nitrogens with zero attached hydrogens (tertiary/aromatic N) is 2. The van der Waals surface area contributed by atoms with Crippen LogP contribution in [0.5, 0.6) is 0 Å². The first kappa shape index (κ1) is 17.7. The Labute approximate surface area is 151 Å². The second-order valence-corrected chi connectivity index (χ2v) is 7.05. The third kappa shape index (κ3) is 3.78. The van der Waals surface area contributed by atoms with E-state index in [-0.39, 0.29) is 13.0 Å². The molecule has 1 aliphatic rings. The fourth-order valence-corrected chi connectivity index (χ4v) is 3.37. The number of amides is 2. The molecule has 0 bridgehead atoms. The summed E-state index contributed by atoms with van der Waals surface area (Å²) in [6.07, 6.45) is 1.16. The fourth-order valence-electron chi connectivity index (χ4n) is 3.02. The van der Waals surface area contributed by atoms with Crippen molar-refractivity contribution in [1.82, 2.24) is 15.2 Å². The Hall–Kier alpha value is -2.09. The second-order valence-electron chi connectivity index (χ2n) is 6.13. The van der Waals surface area contributed by atoms with Crippen LogP contribution in [0.4, 0.5) is 8.78 Å². The summed E-state index contributed by atoms with van der Waals surface area (Å²) in [4.78, 5) is 29.9. The first-order valence-corrected chi connectivity index (χ1v) is 8.56. The van der Waals surface area contributed by atoms with E-state index in [1.165, 1.54) is 6.20 Å². The minimum absolute atomic E-state index is 0.320. The quantitative estimate of drug-likeness (QED) is 0.844. The smallest absolute Gasteiger partial charge is 0.267 e. The van der Waals surface area contributed by atoms with Gasteiger partial charge in [-0.3, -0.25) is 14.6 Å². The third-order valence-corrected chi connectivity index (χ3v) is 4.69. The van der Waals surface area contributed by atoms with Gasteiger partial charge in [0, 0.05) is 28.5 Å². The zero-order valence-electron chi connectivity index (χ0n) is 13.4. The minimum atomic E-state index is -2.87. The summed E-state index contributed by atoms with van der Waals surface area (Å²) in [5.74, 6) is -3.82. The van der Waals surface area contributed by atoms with Crippen LogP contribution >= 0.6 is 15.9 Å². The Balaban J connectivity index is 1.70. The van der Waals surface area contributed by atoms with Crippen LogP contribution in [0.3, 0.4) is 0 Å². The normalized spacial score (nSPS) is 19.2. The van der Waals surface area contributed by atoms with Crippen molar-refractivity contribution >= 4 is 38.6 Å². The zero-order chi connectivity index (χ0) is 18.2. The van der Waals surface area contributed by atoms with Crippen molar-refractivity contribution in [3.05, 3.63) is 40.5 Å². The van der Waals surface area contributed by atoms with E-state index in [9.17, 15) is 18.4 Å².